The maximum absolute atomic E-state index is 11.5. The van der Waals surface area contributed by atoms with E-state index in [4.69, 9.17) is 5.73 Å². The Hall–Kier alpha value is -0.260. The molecule has 1 atom stereocenters. The monoisotopic (exact) mass is 218 g/mol. The van der Waals surface area contributed by atoms with E-state index in [1.165, 1.54) is 11.3 Å². The van der Waals surface area contributed by atoms with Crippen molar-refractivity contribution in [3.63, 3.8) is 0 Å². The van der Waals surface area contributed by atoms with Gasteiger partial charge in [-0.25, -0.2) is 0 Å². The van der Waals surface area contributed by atoms with E-state index in [1.807, 2.05) is 13.8 Å². The molecule has 0 aromatic carbocycles. The van der Waals surface area contributed by atoms with Gasteiger partial charge in [-0.2, -0.15) is 0 Å². The third-order valence-electron chi connectivity index (χ3n) is 1.32. The van der Waals surface area contributed by atoms with Gasteiger partial charge in [-0.05, 0) is 13.8 Å². The molecule has 13 heavy (non-hydrogen) atoms. The molecular weight excluding hydrogens is 204 g/mol. The van der Waals surface area contributed by atoms with E-state index in [-0.39, 0.29) is 5.54 Å². The van der Waals surface area contributed by atoms with E-state index in [0.29, 0.717) is 11.5 Å². The molecule has 0 saturated carbocycles. The molecule has 5 heteroatoms. The van der Waals surface area contributed by atoms with Gasteiger partial charge in [0.25, 0.3) is 0 Å². The molecule has 1 unspecified atom stereocenters. The van der Waals surface area contributed by atoms with E-state index >= 15 is 0 Å². The van der Waals surface area contributed by atoms with Crippen molar-refractivity contribution < 1.29 is 4.21 Å². The molecule has 2 N–H and O–H groups in total. The van der Waals surface area contributed by atoms with Gasteiger partial charge in [-0.1, -0.05) is 0 Å². The van der Waals surface area contributed by atoms with Gasteiger partial charge in [0.2, 0.25) is 0 Å². The van der Waals surface area contributed by atoms with Crippen LogP contribution in [0.15, 0.2) is 11.7 Å². The zero-order valence-electron chi connectivity index (χ0n) is 7.82. The second-order valence-electron chi connectivity index (χ2n) is 3.68. The maximum atomic E-state index is 11.5. The highest BCUT2D eigenvalue weighted by Crippen LogP contribution is 2.10. The standard InChI is InChI=1S/C8H14N2OS2/c1-8(2,9)5-13(11)4-7-3-10-6-12-7/h3,6H,4-5,9H2,1-2H3. The minimum atomic E-state index is -0.873. The van der Waals surface area contributed by atoms with Crippen LogP contribution in [-0.4, -0.2) is 20.5 Å². The van der Waals surface area contributed by atoms with Crippen LogP contribution >= 0.6 is 11.3 Å². The first-order valence-corrected chi connectivity index (χ1v) is 6.35. The predicted molar refractivity (Wildman–Crippen MR) is 57.1 cm³/mol. The molecule has 74 valence electrons. The second kappa shape index (κ2) is 4.30. The molecule has 0 aliphatic rings. The zero-order chi connectivity index (χ0) is 9.90. The van der Waals surface area contributed by atoms with Crippen molar-refractivity contribution >= 4 is 22.1 Å². The van der Waals surface area contributed by atoms with E-state index in [2.05, 4.69) is 4.98 Å². The number of hydrogen-bond donors (Lipinski definition) is 1. The van der Waals surface area contributed by atoms with Gasteiger partial charge in [-0.3, -0.25) is 9.19 Å². The van der Waals surface area contributed by atoms with Crippen LogP contribution in [0.25, 0.3) is 0 Å². The molecule has 0 bridgehead atoms. The largest absolute Gasteiger partial charge is 0.325 e. The van der Waals surface area contributed by atoms with Crippen LogP contribution in [0.4, 0.5) is 0 Å². The van der Waals surface area contributed by atoms with Gasteiger partial charge in [0, 0.05) is 33.2 Å². The van der Waals surface area contributed by atoms with Crippen molar-refractivity contribution in [2.45, 2.75) is 25.1 Å². The predicted octanol–water partition coefficient (Wildman–Crippen LogP) is 1.13. The fourth-order valence-corrected chi connectivity index (χ4v) is 3.31. The van der Waals surface area contributed by atoms with Crippen LogP contribution in [0, 0.1) is 0 Å². The lowest BCUT2D eigenvalue weighted by Gasteiger charge is -2.16. The highest BCUT2D eigenvalue weighted by atomic mass is 32.2. The van der Waals surface area contributed by atoms with Gasteiger partial charge in [0.1, 0.15) is 0 Å². The summed E-state index contributed by atoms with van der Waals surface area (Å²) in [7, 11) is -0.873. The van der Waals surface area contributed by atoms with E-state index in [0.717, 1.165) is 4.88 Å². The minimum Gasteiger partial charge on any atom is -0.325 e. The number of nitrogens with two attached hydrogens (primary N) is 1. The van der Waals surface area contributed by atoms with Crippen LogP contribution in [0.3, 0.4) is 0 Å². The lowest BCUT2D eigenvalue weighted by Crippen LogP contribution is -2.38. The average Bonchev–Trinajstić information content (AvgIpc) is 2.34. The number of nitrogens with zero attached hydrogens (tertiary/aromatic N) is 1. The van der Waals surface area contributed by atoms with Gasteiger partial charge >= 0.3 is 0 Å². The first kappa shape index (κ1) is 10.8. The molecule has 0 amide bonds. The topological polar surface area (TPSA) is 56.0 Å². The van der Waals surface area contributed by atoms with E-state index in [1.54, 1.807) is 11.7 Å². The van der Waals surface area contributed by atoms with Gasteiger partial charge < -0.3 is 5.73 Å². The van der Waals surface area contributed by atoms with Gasteiger partial charge in [0.05, 0.1) is 11.3 Å². The summed E-state index contributed by atoms with van der Waals surface area (Å²) in [4.78, 5) is 4.98. The molecule has 0 saturated heterocycles. The van der Waals surface area contributed by atoms with Crippen LogP contribution < -0.4 is 5.73 Å². The molecule has 0 aliphatic carbocycles. The second-order valence-corrected chi connectivity index (χ2v) is 6.11. The number of thiazole rings is 1. The Morgan fingerprint density at radius 1 is 1.69 bits per heavy atom. The molecule has 0 aliphatic heterocycles. The Balaban J connectivity index is 2.43. The van der Waals surface area contributed by atoms with Crippen molar-refractivity contribution in [2.75, 3.05) is 5.75 Å². The van der Waals surface area contributed by atoms with Crippen molar-refractivity contribution in [3.8, 4) is 0 Å². The lowest BCUT2D eigenvalue weighted by atomic mass is 10.1. The third-order valence-corrected chi connectivity index (χ3v) is 3.98. The third kappa shape index (κ3) is 4.50. The van der Waals surface area contributed by atoms with Crippen molar-refractivity contribution in [1.29, 1.82) is 0 Å². The Bertz CT molecular complexity index is 277. The highest BCUT2D eigenvalue weighted by molar-refractivity contribution is 7.84. The number of hydrogen-bond acceptors (Lipinski definition) is 4. The fourth-order valence-electron chi connectivity index (χ4n) is 0.938. The molecule has 1 aromatic rings. The minimum absolute atomic E-state index is 0.352. The number of aromatic nitrogens is 1. The summed E-state index contributed by atoms with van der Waals surface area (Å²) >= 11 is 1.53. The normalized spacial score (nSPS) is 14.4. The molecule has 1 aromatic heterocycles. The Kier molecular flexibility index (Phi) is 3.58. The molecule has 3 nitrogen and oxygen atoms in total. The Labute approximate surface area is 84.8 Å². The fraction of sp³-hybridized carbons (Fsp3) is 0.625. The van der Waals surface area contributed by atoms with Crippen molar-refractivity contribution in [3.05, 3.63) is 16.6 Å². The van der Waals surface area contributed by atoms with Crippen molar-refractivity contribution in [1.82, 2.24) is 4.98 Å². The lowest BCUT2D eigenvalue weighted by molar-refractivity contribution is 0.577. The number of rotatable bonds is 4. The van der Waals surface area contributed by atoms with Crippen molar-refractivity contribution in [2.24, 2.45) is 5.73 Å². The summed E-state index contributed by atoms with van der Waals surface area (Å²) in [5.74, 6) is 1.11. The molecule has 0 fully saturated rings. The summed E-state index contributed by atoms with van der Waals surface area (Å²) < 4.78 is 11.5. The van der Waals surface area contributed by atoms with E-state index < -0.39 is 10.8 Å². The van der Waals surface area contributed by atoms with Crippen LogP contribution in [0.1, 0.15) is 18.7 Å². The average molecular weight is 218 g/mol. The summed E-state index contributed by atoms with van der Waals surface area (Å²) in [6.07, 6.45) is 1.76. The van der Waals surface area contributed by atoms with Crippen LogP contribution in [-0.2, 0) is 16.6 Å². The van der Waals surface area contributed by atoms with Crippen LogP contribution in [0.5, 0.6) is 0 Å². The first-order valence-electron chi connectivity index (χ1n) is 3.98. The maximum Gasteiger partial charge on any atom is 0.0794 e. The van der Waals surface area contributed by atoms with Crippen LogP contribution in [0.2, 0.25) is 0 Å². The quantitative estimate of drug-likeness (QED) is 0.824. The summed E-state index contributed by atoms with van der Waals surface area (Å²) in [5.41, 5.74) is 7.16. The Morgan fingerprint density at radius 2 is 2.38 bits per heavy atom. The molecule has 1 heterocycles. The zero-order valence-corrected chi connectivity index (χ0v) is 9.45. The Morgan fingerprint density at radius 3 is 2.85 bits per heavy atom. The summed E-state index contributed by atoms with van der Waals surface area (Å²) in [5, 5.41) is 0. The molecule has 0 spiro atoms. The van der Waals surface area contributed by atoms with E-state index in [9.17, 15) is 4.21 Å². The smallest absolute Gasteiger partial charge is 0.0794 e. The molecule has 0 radical (unpaired) electrons. The summed E-state index contributed by atoms with van der Waals surface area (Å²) in [6, 6.07) is 0. The van der Waals surface area contributed by atoms with Gasteiger partial charge in [-0.15, -0.1) is 11.3 Å². The summed E-state index contributed by atoms with van der Waals surface area (Å²) in [6.45, 7) is 3.77. The molecular formula is C8H14N2OS2. The highest BCUT2D eigenvalue weighted by Gasteiger charge is 2.15. The molecule has 1 rings (SSSR count). The van der Waals surface area contributed by atoms with Gasteiger partial charge in [0.15, 0.2) is 0 Å². The SMILES string of the molecule is CC(C)(N)CS(=O)Cc1cncs1. The first-order chi connectivity index (χ1) is 5.97.